The van der Waals surface area contributed by atoms with Crippen molar-refractivity contribution in [2.45, 2.75) is 19.9 Å². The van der Waals surface area contributed by atoms with Gasteiger partial charge < -0.3 is 5.32 Å². The van der Waals surface area contributed by atoms with Crippen molar-refractivity contribution in [2.75, 3.05) is 0 Å². The van der Waals surface area contributed by atoms with Gasteiger partial charge in [-0.1, -0.05) is 53.6 Å². The first-order valence-electron chi connectivity index (χ1n) is 7.98. The van der Waals surface area contributed by atoms with Crippen LogP contribution in [-0.4, -0.2) is 10.9 Å². The summed E-state index contributed by atoms with van der Waals surface area (Å²) < 4.78 is 0. The van der Waals surface area contributed by atoms with E-state index in [1.807, 2.05) is 74.5 Å². The molecule has 0 bridgehead atoms. The van der Waals surface area contributed by atoms with Crippen LogP contribution in [0.25, 0.3) is 0 Å². The number of amides is 1. The average Bonchev–Trinajstić information content (AvgIpc) is 2.60. The summed E-state index contributed by atoms with van der Waals surface area (Å²) in [5, 5.41) is 3.12. The molecule has 0 unspecified atom stereocenters. The number of hydrogen-bond donors (Lipinski definition) is 1. The van der Waals surface area contributed by atoms with E-state index in [0.29, 0.717) is 5.56 Å². The Morgan fingerprint density at radius 3 is 2.21 bits per heavy atom. The SMILES string of the molecule is Cc1cc(C)cc(C(=O)N[C@@H](c2ccccc2)c2ccccn2)c1. The summed E-state index contributed by atoms with van der Waals surface area (Å²) in [5.41, 5.74) is 4.66. The molecule has 0 saturated heterocycles. The molecular weight excluding hydrogens is 296 g/mol. The van der Waals surface area contributed by atoms with Crippen LogP contribution in [0.15, 0.2) is 72.9 Å². The molecule has 3 nitrogen and oxygen atoms in total. The fourth-order valence-corrected chi connectivity index (χ4v) is 2.84. The summed E-state index contributed by atoms with van der Waals surface area (Å²) in [6, 6.07) is 21.2. The third-order valence-electron chi connectivity index (χ3n) is 3.88. The van der Waals surface area contributed by atoms with Crippen molar-refractivity contribution < 1.29 is 4.79 Å². The Balaban J connectivity index is 1.93. The van der Waals surface area contributed by atoms with Gasteiger partial charge in [0, 0.05) is 11.8 Å². The molecule has 1 heterocycles. The first-order chi connectivity index (χ1) is 11.6. The fraction of sp³-hybridized carbons (Fsp3) is 0.143. The summed E-state index contributed by atoms with van der Waals surface area (Å²) in [6.45, 7) is 3.99. The number of benzene rings is 2. The zero-order valence-electron chi connectivity index (χ0n) is 13.9. The average molecular weight is 316 g/mol. The molecule has 1 N–H and O–H groups in total. The molecule has 0 radical (unpaired) electrons. The van der Waals surface area contributed by atoms with E-state index in [1.54, 1.807) is 6.20 Å². The Labute approximate surface area is 142 Å². The minimum atomic E-state index is -0.277. The predicted molar refractivity (Wildman–Crippen MR) is 95.9 cm³/mol. The summed E-state index contributed by atoms with van der Waals surface area (Å²) in [5.74, 6) is -0.0960. The maximum atomic E-state index is 12.8. The fourth-order valence-electron chi connectivity index (χ4n) is 2.84. The van der Waals surface area contributed by atoms with Crippen molar-refractivity contribution in [3.8, 4) is 0 Å². The standard InChI is InChI=1S/C21H20N2O/c1-15-12-16(2)14-18(13-15)21(24)23-20(17-8-4-3-5-9-17)19-10-6-7-11-22-19/h3-14,20H,1-2H3,(H,23,24)/t20-/m0/s1. The Bertz CT molecular complexity index is 769. The highest BCUT2D eigenvalue weighted by atomic mass is 16.1. The number of carbonyl (C=O) groups excluding carboxylic acids is 1. The van der Waals surface area contributed by atoms with E-state index < -0.39 is 0 Å². The molecule has 0 fully saturated rings. The third kappa shape index (κ3) is 3.69. The van der Waals surface area contributed by atoms with Gasteiger partial charge >= 0.3 is 0 Å². The summed E-state index contributed by atoms with van der Waals surface area (Å²) in [6.07, 6.45) is 1.74. The van der Waals surface area contributed by atoms with Gasteiger partial charge in [-0.2, -0.15) is 0 Å². The predicted octanol–water partition coefficient (Wildman–Crippen LogP) is 4.22. The lowest BCUT2D eigenvalue weighted by molar-refractivity contribution is 0.0942. The van der Waals surface area contributed by atoms with Gasteiger partial charge in [-0.25, -0.2) is 0 Å². The molecule has 2 aromatic carbocycles. The van der Waals surface area contributed by atoms with Crippen LogP contribution in [0.5, 0.6) is 0 Å². The highest BCUT2D eigenvalue weighted by Gasteiger charge is 2.19. The zero-order chi connectivity index (χ0) is 16.9. The zero-order valence-corrected chi connectivity index (χ0v) is 13.9. The summed E-state index contributed by atoms with van der Waals surface area (Å²) in [7, 11) is 0. The largest absolute Gasteiger partial charge is 0.340 e. The van der Waals surface area contributed by atoms with Gasteiger partial charge in [0.1, 0.15) is 0 Å². The molecule has 1 amide bonds. The van der Waals surface area contributed by atoms with Gasteiger partial charge in [0.15, 0.2) is 0 Å². The Morgan fingerprint density at radius 1 is 0.917 bits per heavy atom. The van der Waals surface area contributed by atoms with Crippen LogP contribution in [-0.2, 0) is 0 Å². The molecule has 1 aromatic heterocycles. The molecule has 3 aromatic rings. The van der Waals surface area contributed by atoms with E-state index in [-0.39, 0.29) is 11.9 Å². The second-order valence-electron chi connectivity index (χ2n) is 5.95. The van der Waals surface area contributed by atoms with Crippen LogP contribution < -0.4 is 5.32 Å². The van der Waals surface area contributed by atoms with Gasteiger partial charge in [0.05, 0.1) is 11.7 Å². The maximum absolute atomic E-state index is 12.8. The Kier molecular flexibility index (Phi) is 4.71. The van der Waals surface area contributed by atoms with E-state index in [9.17, 15) is 4.79 Å². The van der Waals surface area contributed by atoms with Gasteiger partial charge in [-0.05, 0) is 43.7 Å². The smallest absolute Gasteiger partial charge is 0.252 e. The first kappa shape index (κ1) is 15.9. The van der Waals surface area contributed by atoms with Crippen molar-refractivity contribution >= 4 is 5.91 Å². The quantitative estimate of drug-likeness (QED) is 0.783. The lowest BCUT2D eigenvalue weighted by Gasteiger charge is -2.19. The van der Waals surface area contributed by atoms with E-state index in [0.717, 1.165) is 22.4 Å². The normalized spacial score (nSPS) is 11.8. The van der Waals surface area contributed by atoms with Gasteiger partial charge in [-0.3, -0.25) is 9.78 Å². The van der Waals surface area contributed by atoms with Crippen molar-refractivity contribution in [3.05, 3.63) is 101 Å². The molecule has 0 aliphatic heterocycles. The van der Waals surface area contributed by atoms with Crippen molar-refractivity contribution in [3.63, 3.8) is 0 Å². The van der Waals surface area contributed by atoms with E-state index in [2.05, 4.69) is 16.4 Å². The van der Waals surface area contributed by atoms with Crippen LogP contribution in [0.2, 0.25) is 0 Å². The number of carbonyl (C=O) groups is 1. The van der Waals surface area contributed by atoms with Gasteiger partial charge in [0.25, 0.3) is 5.91 Å². The monoisotopic (exact) mass is 316 g/mol. The molecule has 3 heteroatoms. The van der Waals surface area contributed by atoms with Crippen LogP contribution in [0, 0.1) is 13.8 Å². The molecule has 120 valence electrons. The number of rotatable bonds is 4. The molecule has 1 atom stereocenters. The Hall–Kier alpha value is -2.94. The molecule has 3 rings (SSSR count). The Morgan fingerprint density at radius 2 is 1.58 bits per heavy atom. The number of pyridine rings is 1. The highest BCUT2D eigenvalue weighted by Crippen LogP contribution is 2.21. The molecule has 24 heavy (non-hydrogen) atoms. The number of aromatic nitrogens is 1. The van der Waals surface area contributed by atoms with Crippen molar-refractivity contribution in [1.29, 1.82) is 0 Å². The molecule has 0 aliphatic carbocycles. The molecule has 0 spiro atoms. The van der Waals surface area contributed by atoms with Gasteiger partial charge in [0.2, 0.25) is 0 Å². The van der Waals surface area contributed by atoms with Crippen molar-refractivity contribution in [2.24, 2.45) is 0 Å². The second-order valence-corrected chi connectivity index (χ2v) is 5.95. The topological polar surface area (TPSA) is 42.0 Å². The highest BCUT2D eigenvalue weighted by molar-refractivity contribution is 5.95. The molecule has 0 saturated carbocycles. The second kappa shape index (κ2) is 7.09. The number of nitrogens with one attached hydrogen (secondary N) is 1. The first-order valence-corrected chi connectivity index (χ1v) is 7.98. The van der Waals surface area contributed by atoms with E-state index in [1.165, 1.54) is 0 Å². The summed E-state index contributed by atoms with van der Waals surface area (Å²) >= 11 is 0. The maximum Gasteiger partial charge on any atom is 0.252 e. The van der Waals surface area contributed by atoms with Crippen molar-refractivity contribution in [1.82, 2.24) is 10.3 Å². The van der Waals surface area contributed by atoms with Crippen LogP contribution in [0.3, 0.4) is 0 Å². The van der Waals surface area contributed by atoms with Gasteiger partial charge in [-0.15, -0.1) is 0 Å². The van der Waals surface area contributed by atoms with E-state index >= 15 is 0 Å². The van der Waals surface area contributed by atoms with E-state index in [4.69, 9.17) is 0 Å². The third-order valence-corrected chi connectivity index (χ3v) is 3.88. The van der Waals surface area contributed by atoms with Crippen LogP contribution in [0.4, 0.5) is 0 Å². The number of hydrogen-bond acceptors (Lipinski definition) is 2. The summed E-state index contributed by atoms with van der Waals surface area (Å²) in [4.78, 5) is 17.2. The molecular formula is C21H20N2O. The molecule has 0 aliphatic rings. The lowest BCUT2D eigenvalue weighted by Crippen LogP contribution is -2.30. The van der Waals surface area contributed by atoms with Crippen LogP contribution >= 0.6 is 0 Å². The van der Waals surface area contributed by atoms with Crippen LogP contribution in [0.1, 0.15) is 38.8 Å². The number of aryl methyl sites for hydroxylation is 2. The minimum absolute atomic E-state index is 0.0960. The lowest BCUT2D eigenvalue weighted by atomic mass is 10.0. The minimum Gasteiger partial charge on any atom is -0.340 e. The number of nitrogens with zero attached hydrogens (tertiary/aromatic N) is 1.